The van der Waals surface area contributed by atoms with Gasteiger partial charge in [0.25, 0.3) is 0 Å². The van der Waals surface area contributed by atoms with E-state index in [-0.39, 0.29) is 17.5 Å². The van der Waals surface area contributed by atoms with Crippen molar-refractivity contribution in [1.29, 1.82) is 0 Å². The van der Waals surface area contributed by atoms with E-state index in [1.807, 2.05) is 19.1 Å². The molecule has 0 aliphatic carbocycles. The molecule has 0 amide bonds. The zero-order chi connectivity index (χ0) is 14.3. The predicted molar refractivity (Wildman–Crippen MR) is 78.1 cm³/mol. The number of hydrogen-bond donors (Lipinski definition) is 1. The molecule has 110 valence electrons. The van der Waals surface area contributed by atoms with Crippen LogP contribution in [0.1, 0.15) is 51.2 Å². The van der Waals surface area contributed by atoms with E-state index >= 15 is 0 Å². The van der Waals surface area contributed by atoms with Crippen molar-refractivity contribution in [3.8, 4) is 0 Å². The van der Waals surface area contributed by atoms with Gasteiger partial charge in [0.2, 0.25) is 0 Å². The van der Waals surface area contributed by atoms with Crippen molar-refractivity contribution in [2.45, 2.75) is 46.1 Å². The number of aryl methyl sites for hydroxylation is 1. The third-order valence-electron chi connectivity index (χ3n) is 3.21. The van der Waals surface area contributed by atoms with Crippen LogP contribution in [-0.2, 0) is 16.3 Å². The van der Waals surface area contributed by atoms with E-state index in [0.717, 1.165) is 30.9 Å². The van der Waals surface area contributed by atoms with Crippen LogP contribution in [-0.4, -0.2) is 26.5 Å². The van der Waals surface area contributed by atoms with Crippen molar-refractivity contribution in [2.24, 2.45) is 0 Å². The Kier molecular flexibility index (Phi) is 6.58. The van der Waals surface area contributed by atoms with Gasteiger partial charge in [-0.15, -0.1) is 0 Å². The van der Waals surface area contributed by atoms with E-state index in [0.29, 0.717) is 6.42 Å². The molecule has 0 saturated carbocycles. The van der Waals surface area contributed by atoms with Gasteiger partial charge in [-0.2, -0.15) is 0 Å². The summed E-state index contributed by atoms with van der Waals surface area (Å²) in [6.07, 6.45) is 2.32. The van der Waals surface area contributed by atoms with Gasteiger partial charge in [0, 0.05) is 12.2 Å². The lowest BCUT2D eigenvalue weighted by molar-refractivity contribution is 0.382. The minimum absolute atomic E-state index is 0.109. The molecule has 0 fully saturated rings. The standard InChI is InChI=1S/C14H25NO3S/c1-4-12-9-10-14(18-12)13(15-5-2)8-7-11-19(16,17)6-3/h9-10,13,15H,4-8,11H2,1-3H3. The minimum atomic E-state index is -2.87. The maximum Gasteiger partial charge on any atom is 0.150 e. The highest BCUT2D eigenvalue weighted by molar-refractivity contribution is 7.91. The van der Waals surface area contributed by atoms with Crippen molar-refractivity contribution >= 4 is 9.84 Å². The smallest absolute Gasteiger partial charge is 0.150 e. The van der Waals surface area contributed by atoms with Crippen LogP contribution in [0.15, 0.2) is 16.5 Å². The maximum absolute atomic E-state index is 11.5. The summed E-state index contributed by atoms with van der Waals surface area (Å²) in [6, 6.07) is 4.08. The molecular weight excluding hydrogens is 262 g/mol. The van der Waals surface area contributed by atoms with Crippen LogP contribution < -0.4 is 5.32 Å². The molecule has 5 heteroatoms. The zero-order valence-electron chi connectivity index (χ0n) is 12.1. The van der Waals surface area contributed by atoms with Gasteiger partial charge in [-0.3, -0.25) is 0 Å². The average molecular weight is 287 g/mol. The normalized spacial score (nSPS) is 13.6. The molecule has 1 N–H and O–H groups in total. The van der Waals surface area contributed by atoms with Crippen LogP contribution in [0.3, 0.4) is 0 Å². The average Bonchev–Trinajstić information content (AvgIpc) is 2.86. The van der Waals surface area contributed by atoms with Crippen LogP contribution in [0, 0.1) is 0 Å². The van der Waals surface area contributed by atoms with E-state index in [4.69, 9.17) is 4.42 Å². The van der Waals surface area contributed by atoms with Crippen molar-refractivity contribution in [1.82, 2.24) is 5.32 Å². The van der Waals surface area contributed by atoms with E-state index in [9.17, 15) is 8.42 Å². The Hall–Kier alpha value is -0.810. The Bertz CT molecular complexity index is 465. The van der Waals surface area contributed by atoms with Gasteiger partial charge < -0.3 is 9.73 Å². The van der Waals surface area contributed by atoms with Gasteiger partial charge >= 0.3 is 0 Å². The predicted octanol–water partition coefficient (Wildman–Crippen LogP) is 2.71. The Morgan fingerprint density at radius 2 is 2.00 bits per heavy atom. The van der Waals surface area contributed by atoms with Crippen molar-refractivity contribution in [2.75, 3.05) is 18.1 Å². The van der Waals surface area contributed by atoms with Crippen molar-refractivity contribution < 1.29 is 12.8 Å². The minimum Gasteiger partial charge on any atom is -0.464 e. The fourth-order valence-electron chi connectivity index (χ4n) is 2.01. The summed E-state index contributed by atoms with van der Waals surface area (Å²) in [6.45, 7) is 6.63. The van der Waals surface area contributed by atoms with E-state index < -0.39 is 9.84 Å². The summed E-state index contributed by atoms with van der Waals surface area (Å²) >= 11 is 0. The molecule has 1 aromatic heterocycles. The summed E-state index contributed by atoms with van der Waals surface area (Å²) in [5.41, 5.74) is 0. The molecule has 1 unspecified atom stereocenters. The van der Waals surface area contributed by atoms with Gasteiger partial charge in [0.1, 0.15) is 21.4 Å². The van der Waals surface area contributed by atoms with Crippen LogP contribution >= 0.6 is 0 Å². The molecule has 1 rings (SSSR count). The molecule has 0 aliphatic rings. The topological polar surface area (TPSA) is 59.3 Å². The first kappa shape index (κ1) is 16.2. The van der Waals surface area contributed by atoms with E-state index in [2.05, 4.69) is 12.2 Å². The highest BCUT2D eigenvalue weighted by Gasteiger charge is 2.16. The quantitative estimate of drug-likeness (QED) is 0.758. The van der Waals surface area contributed by atoms with Gasteiger partial charge in [0.15, 0.2) is 0 Å². The van der Waals surface area contributed by atoms with Crippen LogP contribution in [0.4, 0.5) is 0 Å². The Labute approximate surface area is 116 Å². The molecule has 1 heterocycles. The number of furan rings is 1. The fraction of sp³-hybridized carbons (Fsp3) is 0.714. The van der Waals surface area contributed by atoms with E-state index in [1.165, 1.54) is 0 Å². The molecule has 4 nitrogen and oxygen atoms in total. The van der Waals surface area contributed by atoms with Crippen LogP contribution in [0.2, 0.25) is 0 Å². The molecule has 0 aromatic carbocycles. The highest BCUT2D eigenvalue weighted by Crippen LogP contribution is 2.21. The number of hydrogen-bond acceptors (Lipinski definition) is 4. The zero-order valence-corrected chi connectivity index (χ0v) is 12.9. The maximum atomic E-state index is 11.5. The second-order valence-electron chi connectivity index (χ2n) is 4.65. The lowest BCUT2D eigenvalue weighted by atomic mass is 10.1. The first-order chi connectivity index (χ1) is 9.02. The summed E-state index contributed by atoms with van der Waals surface area (Å²) in [7, 11) is -2.87. The number of nitrogens with one attached hydrogen (secondary N) is 1. The molecule has 0 spiro atoms. The van der Waals surface area contributed by atoms with Crippen molar-refractivity contribution in [3.05, 3.63) is 23.7 Å². The molecule has 1 atom stereocenters. The SMILES string of the molecule is CCNC(CCCS(=O)(=O)CC)c1ccc(CC)o1. The molecule has 0 radical (unpaired) electrons. The molecule has 0 saturated heterocycles. The molecule has 19 heavy (non-hydrogen) atoms. The first-order valence-corrected chi connectivity index (χ1v) is 8.87. The highest BCUT2D eigenvalue weighted by atomic mass is 32.2. The molecular formula is C14H25NO3S. The summed E-state index contributed by atoms with van der Waals surface area (Å²) in [5.74, 6) is 2.36. The molecule has 0 bridgehead atoms. The second-order valence-corrected chi connectivity index (χ2v) is 7.12. The Morgan fingerprint density at radius 1 is 1.26 bits per heavy atom. The van der Waals surface area contributed by atoms with Gasteiger partial charge in [-0.1, -0.05) is 20.8 Å². The monoisotopic (exact) mass is 287 g/mol. The lowest BCUT2D eigenvalue weighted by Gasteiger charge is -2.15. The third kappa shape index (κ3) is 5.37. The van der Waals surface area contributed by atoms with Gasteiger partial charge in [-0.25, -0.2) is 8.42 Å². The second kappa shape index (κ2) is 7.70. The van der Waals surface area contributed by atoms with Crippen LogP contribution in [0.25, 0.3) is 0 Å². The van der Waals surface area contributed by atoms with Gasteiger partial charge in [-0.05, 0) is 31.5 Å². The summed E-state index contributed by atoms with van der Waals surface area (Å²) < 4.78 is 28.7. The third-order valence-corrected chi connectivity index (χ3v) is 5.00. The summed E-state index contributed by atoms with van der Waals surface area (Å²) in [4.78, 5) is 0. The lowest BCUT2D eigenvalue weighted by Crippen LogP contribution is -2.21. The van der Waals surface area contributed by atoms with Crippen molar-refractivity contribution in [3.63, 3.8) is 0 Å². The van der Waals surface area contributed by atoms with Gasteiger partial charge in [0.05, 0.1) is 11.8 Å². The number of rotatable bonds is 9. The fourth-order valence-corrected chi connectivity index (χ4v) is 2.91. The van der Waals surface area contributed by atoms with E-state index in [1.54, 1.807) is 6.92 Å². The first-order valence-electron chi connectivity index (χ1n) is 7.04. The summed E-state index contributed by atoms with van der Waals surface area (Å²) in [5, 5.41) is 3.35. The largest absolute Gasteiger partial charge is 0.464 e. The Morgan fingerprint density at radius 3 is 2.53 bits per heavy atom. The molecule has 0 aliphatic heterocycles. The molecule has 1 aromatic rings. The van der Waals surface area contributed by atoms with Crippen LogP contribution in [0.5, 0.6) is 0 Å². The number of sulfone groups is 1. The Balaban J connectivity index is 2.58.